The van der Waals surface area contributed by atoms with E-state index >= 15 is 0 Å². The largest absolute Gasteiger partial charge is 0.508 e. The van der Waals surface area contributed by atoms with Crippen molar-refractivity contribution in [1.29, 1.82) is 0 Å². The molecule has 0 fully saturated rings. The van der Waals surface area contributed by atoms with Crippen LogP contribution in [0, 0.1) is 10.1 Å². The zero-order valence-corrected chi connectivity index (χ0v) is 16.8. The first-order valence-corrected chi connectivity index (χ1v) is 9.62. The van der Waals surface area contributed by atoms with Crippen LogP contribution in [0.3, 0.4) is 0 Å². The maximum atomic E-state index is 12.2. The van der Waals surface area contributed by atoms with Crippen molar-refractivity contribution in [2.75, 3.05) is 0 Å². The number of non-ortho nitro benzene ring substituents is 1. The molecular formula is C23H20N2O7. The number of nitrogens with zero attached hydrogens (tertiary/aromatic N) is 1. The SMILES string of the molecule is O=C(N[C@@H](Cc1ccc(O)cc1Cc1ccccc1)C(=O)O)Oc1ccc([N+](=O)[O-])cc1. The lowest BCUT2D eigenvalue weighted by Crippen LogP contribution is -2.43. The zero-order valence-electron chi connectivity index (χ0n) is 16.8. The van der Waals surface area contributed by atoms with Gasteiger partial charge in [-0.2, -0.15) is 0 Å². The van der Waals surface area contributed by atoms with E-state index in [9.17, 15) is 29.9 Å². The number of aromatic hydroxyl groups is 1. The molecule has 1 atom stereocenters. The number of phenols is 1. The van der Waals surface area contributed by atoms with E-state index in [1.54, 1.807) is 12.1 Å². The van der Waals surface area contributed by atoms with Crippen LogP contribution in [0.4, 0.5) is 10.5 Å². The molecule has 0 aliphatic carbocycles. The second-order valence-corrected chi connectivity index (χ2v) is 7.00. The minimum Gasteiger partial charge on any atom is -0.508 e. The maximum absolute atomic E-state index is 12.2. The van der Waals surface area contributed by atoms with Crippen molar-refractivity contribution in [3.8, 4) is 11.5 Å². The highest BCUT2D eigenvalue weighted by Gasteiger charge is 2.23. The van der Waals surface area contributed by atoms with Gasteiger partial charge in [0.2, 0.25) is 0 Å². The van der Waals surface area contributed by atoms with Crippen LogP contribution in [0.15, 0.2) is 72.8 Å². The number of ether oxygens (including phenoxy) is 1. The molecule has 9 heteroatoms. The standard InChI is InChI=1S/C23H20N2O7/c26-19-9-6-16(17(13-19)12-15-4-2-1-3-5-15)14-21(22(27)28)24-23(29)32-20-10-7-18(8-11-20)25(30)31/h1-11,13,21,26H,12,14H2,(H,24,29)(H,27,28)/t21-/m0/s1. The van der Waals surface area contributed by atoms with Gasteiger partial charge < -0.3 is 20.3 Å². The van der Waals surface area contributed by atoms with Gasteiger partial charge in [-0.25, -0.2) is 9.59 Å². The summed E-state index contributed by atoms with van der Waals surface area (Å²) in [5, 5.41) is 32.5. The number of carboxylic acid groups (broad SMARTS) is 1. The van der Waals surface area contributed by atoms with E-state index in [-0.39, 0.29) is 23.6 Å². The molecule has 1 amide bonds. The molecule has 0 saturated carbocycles. The van der Waals surface area contributed by atoms with Crippen LogP contribution in [0.2, 0.25) is 0 Å². The third-order valence-corrected chi connectivity index (χ3v) is 4.70. The first kappa shape index (κ1) is 22.3. The molecule has 0 radical (unpaired) electrons. The van der Waals surface area contributed by atoms with Gasteiger partial charge in [0.1, 0.15) is 17.5 Å². The third kappa shape index (κ3) is 6.05. The highest BCUT2D eigenvalue weighted by atomic mass is 16.6. The summed E-state index contributed by atoms with van der Waals surface area (Å²) in [7, 11) is 0. The van der Waals surface area contributed by atoms with Gasteiger partial charge in [0.05, 0.1) is 4.92 Å². The Balaban J connectivity index is 1.72. The summed E-state index contributed by atoms with van der Waals surface area (Å²) in [5.41, 5.74) is 2.19. The van der Waals surface area contributed by atoms with Gasteiger partial charge >= 0.3 is 12.1 Å². The number of hydrogen-bond donors (Lipinski definition) is 3. The number of phenolic OH excluding ortho intramolecular Hbond substituents is 1. The predicted octanol–water partition coefficient (Wildman–Crippen LogP) is 3.68. The van der Waals surface area contributed by atoms with E-state index in [1.807, 2.05) is 30.3 Å². The van der Waals surface area contributed by atoms with Gasteiger partial charge in [-0.1, -0.05) is 36.4 Å². The molecule has 0 unspecified atom stereocenters. The molecule has 3 aromatic carbocycles. The van der Waals surface area contributed by atoms with E-state index in [4.69, 9.17) is 4.74 Å². The average Bonchev–Trinajstić information content (AvgIpc) is 2.76. The molecule has 0 aromatic heterocycles. The second kappa shape index (κ2) is 10.1. The molecule has 0 aliphatic heterocycles. The normalized spacial score (nSPS) is 11.4. The average molecular weight is 436 g/mol. The number of rotatable bonds is 8. The van der Waals surface area contributed by atoms with Crippen LogP contribution in [-0.2, 0) is 17.6 Å². The highest BCUT2D eigenvalue weighted by molar-refractivity contribution is 5.81. The Kier molecular flexibility index (Phi) is 7.02. The number of nitro benzene ring substituents is 1. The Hall–Kier alpha value is -4.40. The fourth-order valence-corrected chi connectivity index (χ4v) is 3.13. The monoisotopic (exact) mass is 436 g/mol. The highest BCUT2D eigenvalue weighted by Crippen LogP contribution is 2.22. The molecule has 3 rings (SSSR count). The first-order chi connectivity index (χ1) is 15.3. The molecule has 32 heavy (non-hydrogen) atoms. The molecule has 0 aliphatic rings. The maximum Gasteiger partial charge on any atom is 0.413 e. The van der Waals surface area contributed by atoms with E-state index in [0.717, 1.165) is 11.1 Å². The molecular weight excluding hydrogens is 416 g/mol. The summed E-state index contributed by atoms with van der Waals surface area (Å²) < 4.78 is 5.04. The van der Waals surface area contributed by atoms with Gasteiger partial charge in [0.15, 0.2) is 0 Å². The quantitative estimate of drug-likeness (QED) is 0.362. The number of carbonyl (C=O) groups excluding carboxylic acids is 1. The summed E-state index contributed by atoms with van der Waals surface area (Å²) in [5.74, 6) is -1.17. The predicted molar refractivity (Wildman–Crippen MR) is 115 cm³/mol. The number of hydrogen-bond acceptors (Lipinski definition) is 6. The molecule has 3 N–H and O–H groups in total. The Labute approximate surface area is 183 Å². The van der Waals surface area contributed by atoms with E-state index in [2.05, 4.69) is 5.32 Å². The third-order valence-electron chi connectivity index (χ3n) is 4.70. The van der Waals surface area contributed by atoms with Gasteiger partial charge in [0.25, 0.3) is 5.69 Å². The number of aliphatic carboxylic acids is 1. The summed E-state index contributed by atoms with van der Waals surface area (Å²) in [6.45, 7) is 0. The van der Waals surface area contributed by atoms with Crippen molar-refractivity contribution in [2.45, 2.75) is 18.9 Å². The van der Waals surface area contributed by atoms with Gasteiger partial charge in [-0.15, -0.1) is 0 Å². The first-order valence-electron chi connectivity index (χ1n) is 9.62. The fourth-order valence-electron chi connectivity index (χ4n) is 3.13. The van der Waals surface area contributed by atoms with Crippen molar-refractivity contribution in [2.24, 2.45) is 0 Å². The Bertz CT molecular complexity index is 1110. The van der Waals surface area contributed by atoms with Crippen LogP contribution < -0.4 is 10.1 Å². The van der Waals surface area contributed by atoms with Gasteiger partial charge in [-0.3, -0.25) is 10.1 Å². The molecule has 0 spiro atoms. The van der Waals surface area contributed by atoms with Gasteiger partial charge in [0, 0.05) is 18.6 Å². The number of amides is 1. The van der Waals surface area contributed by atoms with Crippen LogP contribution in [0.1, 0.15) is 16.7 Å². The topological polar surface area (TPSA) is 139 Å². The van der Waals surface area contributed by atoms with Crippen LogP contribution in [0.5, 0.6) is 11.5 Å². The molecule has 9 nitrogen and oxygen atoms in total. The number of nitro groups is 1. The number of carboxylic acids is 1. The Morgan fingerprint density at radius 3 is 2.31 bits per heavy atom. The fraction of sp³-hybridized carbons (Fsp3) is 0.130. The molecule has 3 aromatic rings. The lowest BCUT2D eigenvalue weighted by atomic mass is 9.95. The molecule has 0 heterocycles. The summed E-state index contributed by atoms with van der Waals surface area (Å²) in [6.07, 6.45) is -0.563. The smallest absolute Gasteiger partial charge is 0.413 e. The zero-order chi connectivity index (χ0) is 23.1. The van der Waals surface area contributed by atoms with Crippen molar-refractivity contribution in [3.05, 3.63) is 99.6 Å². The lowest BCUT2D eigenvalue weighted by Gasteiger charge is -2.17. The summed E-state index contributed by atoms with van der Waals surface area (Å²) in [4.78, 5) is 34.1. The van der Waals surface area contributed by atoms with Crippen molar-refractivity contribution in [1.82, 2.24) is 5.32 Å². The van der Waals surface area contributed by atoms with Crippen LogP contribution >= 0.6 is 0 Å². The Morgan fingerprint density at radius 1 is 1.00 bits per heavy atom. The number of carbonyl (C=O) groups is 2. The van der Waals surface area contributed by atoms with Crippen molar-refractivity contribution >= 4 is 17.7 Å². The van der Waals surface area contributed by atoms with E-state index < -0.39 is 23.0 Å². The van der Waals surface area contributed by atoms with E-state index in [0.29, 0.717) is 12.0 Å². The minimum absolute atomic E-state index is 0.0339. The lowest BCUT2D eigenvalue weighted by molar-refractivity contribution is -0.384. The number of benzene rings is 3. The second-order valence-electron chi connectivity index (χ2n) is 7.00. The van der Waals surface area contributed by atoms with Crippen LogP contribution in [-0.4, -0.2) is 33.2 Å². The molecule has 164 valence electrons. The Morgan fingerprint density at radius 2 is 1.69 bits per heavy atom. The molecule has 0 saturated heterocycles. The number of nitrogens with one attached hydrogen (secondary N) is 1. The van der Waals surface area contributed by atoms with Gasteiger partial charge in [-0.05, 0) is 47.4 Å². The van der Waals surface area contributed by atoms with Crippen LogP contribution in [0.25, 0.3) is 0 Å². The summed E-state index contributed by atoms with van der Waals surface area (Å²) >= 11 is 0. The van der Waals surface area contributed by atoms with Crippen molar-refractivity contribution < 1.29 is 29.5 Å². The summed E-state index contributed by atoms with van der Waals surface area (Å²) in [6, 6.07) is 17.7. The molecule has 0 bridgehead atoms. The van der Waals surface area contributed by atoms with E-state index in [1.165, 1.54) is 30.3 Å². The van der Waals surface area contributed by atoms with Crippen molar-refractivity contribution in [3.63, 3.8) is 0 Å². The minimum atomic E-state index is -1.29.